The van der Waals surface area contributed by atoms with Gasteiger partial charge in [0.05, 0.1) is 10.7 Å². The van der Waals surface area contributed by atoms with Gasteiger partial charge in [-0.05, 0) is 13.0 Å². The molecule has 20 heavy (non-hydrogen) atoms. The number of phenolic OH excluding ortho intramolecular Hbond substituents is 1. The molecule has 0 aliphatic carbocycles. The van der Waals surface area contributed by atoms with Gasteiger partial charge in [0.15, 0.2) is 5.75 Å². The molecule has 0 amide bonds. The van der Waals surface area contributed by atoms with Crippen molar-refractivity contribution in [3.8, 4) is 5.75 Å². The SMILES string of the molecule is Cc1nnc([CH-]c2ccc([N+](=O)[O-])c(O)c2F)n1C.[Rf]. The molecule has 1 aromatic carbocycles. The Morgan fingerprint density at radius 2 is 2.10 bits per heavy atom. The van der Waals surface area contributed by atoms with Crippen LogP contribution >= 0.6 is 0 Å². The summed E-state index contributed by atoms with van der Waals surface area (Å²) < 4.78 is 15.4. The maximum absolute atomic E-state index is 13.8. The number of aryl methyl sites for hydroxylation is 1. The third kappa shape index (κ3) is 2.17. The first-order valence-corrected chi connectivity index (χ1v) is 5.28. The molecule has 0 unspecified atom stereocenters. The van der Waals surface area contributed by atoms with Crippen LogP contribution in [0.1, 0.15) is 17.2 Å². The number of benzene rings is 1. The monoisotopic (exact) mass is 532 g/mol. The molecule has 102 valence electrons. The standard InChI is InChI=1S/C11H10FN4O3.Rf/c1-6-13-14-9(15(6)2)5-7-3-4-8(16(18)19)11(17)10(7)12;/h3-5,17H,1-2H3;/q-1;. The second-order valence-corrected chi connectivity index (χ2v) is 3.90. The van der Waals surface area contributed by atoms with E-state index in [0.29, 0.717) is 11.6 Å². The number of aromatic nitrogens is 3. The molecule has 0 radical (unpaired) electrons. The van der Waals surface area contributed by atoms with Gasteiger partial charge in [0, 0.05) is 7.05 Å². The summed E-state index contributed by atoms with van der Waals surface area (Å²) in [6.45, 7) is 1.73. The Hall–Kier alpha value is -3.64. The molecule has 9 heteroatoms. The summed E-state index contributed by atoms with van der Waals surface area (Å²) in [5.74, 6) is -1.03. The molecule has 1 heterocycles. The minimum absolute atomic E-state index is 0. The van der Waals surface area contributed by atoms with Gasteiger partial charge in [-0.3, -0.25) is 14.5 Å². The summed E-state index contributed by atoms with van der Waals surface area (Å²) in [7, 11) is 1.70. The van der Waals surface area contributed by atoms with Gasteiger partial charge >= 0.3 is 0 Å². The number of hydrogen-bond donors (Lipinski definition) is 1. The van der Waals surface area contributed by atoms with Gasteiger partial charge in [0.1, 0.15) is 11.6 Å². The van der Waals surface area contributed by atoms with Gasteiger partial charge in [-0.25, -0.2) is 0 Å². The van der Waals surface area contributed by atoms with Gasteiger partial charge in [0.25, 0.3) is 5.69 Å². The molecule has 0 atom stereocenters. The first-order valence-electron chi connectivity index (χ1n) is 5.28. The fraction of sp³-hybridized carbons (Fsp3) is 0.182. The molecule has 0 fully saturated rings. The number of nitro benzene ring substituents is 1. The van der Waals surface area contributed by atoms with Crippen LogP contribution in [-0.2, 0) is 7.05 Å². The molecule has 1 N–H and O–H groups in total. The Balaban J connectivity index is 0.00000200. The Labute approximate surface area is 107 Å². The largest absolute Gasteiger partial charge is 0.511 e. The van der Waals surface area contributed by atoms with E-state index in [4.69, 9.17) is 0 Å². The van der Waals surface area contributed by atoms with Crippen molar-refractivity contribution in [2.45, 2.75) is 6.92 Å². The zero-order valence-corrected chi connectivity index (χ0v) is 17.3. The quantitative estimate of drug-likeness (QED) is 0.368. The van der Waals surface area contributed by atoms with Crippen LogP contribution in [0.5, 0.6) is 5.75 Å². The second-order valence-electron chi connectivity index (χ2n) is 3.90. The van der Waals surface area contributed by atoms with Crippen molar-refractivity contribution in [2.75, 3.05) is 0 Å². The van der Waals surface area contributed by atoms with E-state index in [0.717, 1.165) is 6.07 Å². The Bertz CT molecular complexity index is 659. The van der Waals surface area contributed by atoms with Crippen LogP contribution < -0.4 is 0 Å². The summed E-state index contributed by atoms with van der Waals surface area (Å²) in [6.07, 6.45) is 1.35. The number of hydrogen-bond acceptors (Lipinski definition) is 5. The number of rotatable bonds is 3. The van der Waals surface area contributed by atoms with Crippen molar-refractivity contribution >= 4 is 5.69 Å². The van der Waals surface area contributed by atoms with Crippen molar-refractivity contribution in [1.29, 1.82) is 0 Å². The van der Waals surface area contributed by atoms with E-state index in [2.05, 4.69) is 10.2 Å². The van der Waals surface area contributed by atoms with Crippen LogP contribution in [0, 0.1) is 29.3 Å². The molecule has 2 aromatic rings. The number of nitrogens with zero attached hydrogens (tertiary/aromatic N) is 4. The third-order valence-electron chi connectivity index (χ3n) is 2.73. The van der Waals surface area contributed by atoms with E-state index in [1.807, 2.05) is 0 Å². The van der Waals surface area contributed by atoms with Gasteiger partial charge in [-0.1, -0.05) is 0 Å². The van der Waals surface area contributed by atoms with E-state index in [1.54, 1.807) is 18.5 Å². The minimum Gasteiger partial charge on any atom is -0.511 e. The number of halogens is 1. The van der Waals surface area contributed by atoms with E-state index < -0.39 is 22.2 Å². The Morgan fingerprint density at radius 1 is 1.45 bits per heavy atom. The molecule has 0 aliphatic heterocycles. The average molecular weight is 532 g/mol. The third-order valence-corrected chi connectivity index (χ3v) is 2.73. The fourth-order valence-corrected chi connectivity index (χ4v) is 1.52. The van der Waals surface area contributed by atoms with Crippen LogP contribution in [0.2, 0.25) is 0 Å². The van der Waals surface area contributed by atoms with Crippen LogP contribution in [0.15, 0.2) is 12.1 Å². The maximum Gasteiger partial charge on any atom is 0.289 e. The maximum atomic E-state index is 13.8. The zero-order valence-electron chi connectivity index (χ0n) is 10.9. The van der Waals surface area contributed by atoms with Gasteiger partial charge in [0.2, 0.25) is 0 Å². The second kappa shape index (κ2) is 4.92. The predicted octanol–water partition coefficient (Wildman–Crippen LogP) is 1.48. The Morgan fingerprint density at radius 3 is 2.60 bits per heavy atom. The molecule has 2 rings (SSSR count). The van der Waals surface area contributed by atoms with E-state index in [1.165, 1.54) is 12.5 Å². The number of aromatic hydroxyl groups is 1. The van der Waals surface area contributed by atoms with E-state index >= 15 is 0 Å². The van der Waals surface area contributed by atoms with Crippen molar-refractivity contribution in [3.63, 3.8) is 0 Å². The summed E-state index contributed by atoms with van der Waals surface area (Å²) in [5.41, 5.74) is -0.678. The smallest absolute Gasteiger partial charge is 0.289 e. The Kier molecular flexibility index (Phi) is 3.55. The van der Waals surface area contributed by atoms with Gasteiger partial charge in [-0.15, -0.1) is 22.2 Å². The molecule has 0 bridgehead atoms. The molecular formula is C11H10FN4O3Rf-. The summed E-state index contributed by atoms with van der Waals surface area (Å²) in [6, 6.07) is 2.24. The first-order chi connectivity index (χ1) is 8.91. The van der Waals surface area contributed by atoms with E-state index in [9.17, 15) is 19.6 Å². The molecule has 0 spiro atoms. The van der Waals surface area contributed by atoms with Crippen LogP contribution in [0.25, 0.3) is 0 Å². The number of nitro groups is 1. The van der Waals surface area contributed by atoms with Crippen LogP contribution in [-0.4, -0.2) is 24.8 Å². The van der Waals surface area contributed by atoms with Gasteiger partial charge in [-0.2, -0.15) is 6.07 Å². The molecule has 7 nitrogen and oxygen atoms in total. The van der Waals surface area contributed by atoms with E-state index in [-0.39, 0.29) is 5.56 Å². The molecular weight excluding hydrogens is 522 g/mol. The molecule has 0 saturated carbocycles. The van der Waals surface area contributed by atoms with Crippen molar-refractivity contribution < 1.29 is 14.4 Å². The molecule has 1 aromatic heterocycles. The number of phenols is 1. The normalized spacial score (nSPS) is 9.95. The van der Waals surface area contributed by atoms with Crippen molar-refractivity contribution in [3.05, 3.63) is 51.7 Å². The van der Waals surface area contributed by atoms with Crippen molar-refractivity contribution in [2.24, 2.45) is 7.05 Å². The van der Waals surface area contributed by atoms with Crippen LogP contribution in [0.3, 0.4) is 0 Å². The zero-order chi connectivity index (χ0) is 14.2. The predicted molar refractivity (Wildman–Crippen MR) is 63.0 cm³/mol. The minimum atomic E-state index is -1.06. The first kappa shape index (κ1) is 14.4. The van der Waals surface area contributed by atoms with Crippen LogP contribution in [0.4, 0.5) is 10.1 Å². The van der Waals surface area contributed by atoms with Crippen molar-refractivity contribution in [1.82, 2.24) is 14.8 Å². The average Bonchev–Trinajstić information content (AvgIpc) is 2.66. The summed E-state index contributed by atoms with van der Waals surface area (Å²) in [4.78, 5) is 9.69. The molecule has 0 saturated heterocycles. The summed E-state index contributed by atoms with van der Waals surface area (Å²) in [5, 5.41) is 27.6. The molecule has 0 aliphatic rings. The fourth-order valence-electron chi connectivity index (χ4n) is 1.52. The topological polar surface area (TPSA) is 94.1 Å². The van der Waals surface area contributed by atoms with Gasteiger partial charge < -0.3 is 9.67 Å². The summed E-state index contributed by atoms with van der Waals surface area (Å²) >= 11 is 0.